The van der Waals surface area contributed by atoms with Gasteiger partial charge in [0.1, 0.15) is 0 Å². The van der Waals surface area contributed by atoms with Gasteiger partial charge in [-0.25, -0.2) is 4.79 Å². The molecule has 41 heavy (non-hydrogen) atoms. The van der Waals surface area contributed by atoms with Gasteiger partial charge in [-0.05, 0) is 50.2 Å². The molecule has 3 saturated heterocycles. The first kappa shape index (κ1) is 27.6. The minimum absolute atomic E-state index is 0.00673. The molecule has 1 saturated carbocycles. The smallest absolute Gasteiger partial charge is 0.350 e. The standard InChI is InChI=1S/C29H35F3N6O3/c1-18(39)34-20-16-36(17-20)28(41)35-13-10-21(11-14-35)38-26(19-8-9-19)23(15-33-38)27(40)37-12-4-7-25(37)22-5-2-3-6-24(22)29(30,31)32/h2-3,5-6,15,19-21,25H,4,7-14,16-17H2,1H3,(H,34,39). The first-order valence-corrected chi connectivity index (χ1v) is 14.5. The Kier molecular flexibility index (Phi) is 7.19. The number of benzene rings is 1. The van der Waals surface area contributed by atoms with Gasteiger partial charge in [0.05, 0.1) is 41.1 Å². The predicted octanol–water partition coefficient (Wildman–Crippen LogP) is 4.33. The molecule has 220 valence electrons. The van der Waals surface area contributed by atoms with E-state index in [1.807, 2.05) is 9.58 Å². The van der Waals surface area contributed by atoms with Crippen LogP contribution in [0.3, 0.4) is 0 Å². The Morgan fingerprint density at radius 3 is 2.32 bits per heavy atom. The number of alkyl halides is 3. The van der Waals surface area contributed by atoms with Crippen LogP contribution >= 0.6 is 0 Å². The summed E-state index contributed by atoms with van der Waals surface area (Å²) >= 11 is 0. The number of likely N-dealkylation sites (tertiary alicyclic amines) is 3. The number of rotatable bonds is 5. The molecule has 4 aliphatic rings. The molecule has 4 fully saturated rings. The maximum Gasteiger partial charge on any atom is 0.416 e. The second-order valence-corrected chi connectivity index (χ2v) is 11.7. The summed E-state index contributed by atoms with van der Waals surface area (Å²) in [4.78, 5) is 43.2. The van der Waals surface area contributed by atoms with Gasteiger partial charge in [0.2, 0.25) is 5.91 Å². The van der Waals surface area contributed by atoms with E-state index in [1.54, 1.807) is 22.1 Å². The van der Waals surface area contributed by atoms with Crippen LogP contribution in [0.15, 0.2) is 30.5 Å². The van der Waals surface area contributed by atoms with E-state index in [1.165, 1.54) is 19.1 Å². The molecule has 6 rings (SSSR count). The summed E-state index contributed by atoms with van der Waals surface area (Å²) in [6, 6.07) is 4.95. The van der Waals surface area contributed by atoms with Crippen molar-refractivity contribution in [2.24, 2.45) is 0 Å². The van der Waals surface area contributed by atoms with Crippen molar-refractivity contribution < 1.29 is 27.6 Å². The molecule has 1 unspecified atom stereocenters. The monoisotopic (exact) mass is 572 g/mol. The maximum absolute atomic E-state index is 13.9. The average Bonchev–Trinajstić information content (AvgIpc) is 3.47. The number of carbonyl (C=O) groups excluding carboxylic acids is 3. The zero-order chi connectivity index (χ0) is 28.9. The molecule has 1 aromatic carbocycles. The first-order valence-electron chi connectivity index (χ1n) is 14.5. The number of urea groups is 1. The quantitative estimate of drug-likeness (QED) is 0.578. The van der Waals surface area contributed by atoms with Gasteiger partial charge in [-0.3, -0.25) is 14.3 Å². The number of carbonyl (C=O) groups is 3. The Morgan fingerprint density at radius 1 is 0.951 bits per heavy atom. The van der Waals surface area contributed by atoms with Crippen LogP contribution in [-0.2, 0) is 11.0 Å². The molecule has 0 bridgehead atoms. The third-order valence-corrected chi connectivity index (χ3v) is 8.81. The van der Waals surface area contributed by atoms with Crippen molar-refractivity contribution in [1.82, 2.24) is 29.8 Å². The number of hydrogen-bond donors (Lipinski definition) is 1. The minimum Gasteiger partial charge on any atom is -0.350 e. The van der Waals surface area contributed by atoms with E-state index in [2.05, 4.69) is 10.4 Å². The van der Waals surface area contributed by atoms with Gasteiger partial charge in [-0.15, -0.1) is 0 Å². The number of piperidine rings is 1. The summed E-state index contributed by atoms with van der Waals surface area (Å²) < 4.78 is 43.3. The highest BCUT2D eigenvalue weighted by Crippen LogP contribution is 2.45. The van der Waals surface area contributed by atoms with Crippen molar-refractivity contribution in [3.8, 4) is 0 Å². The Morgan fingerprint density at radius 2 is 1.66 bits per heavy atom. The molecule has 0 spiro atoms. The number of nitrogens with one attached hydrogen (secondary N) is 1. The zero-order valence-electron chi connectivity index (χ0n) is 23.1. The lowest BCUT2D eigenvalue weighted by Gasteiger charge is -2.43. The molecular formula is C29H35F3N6O3. The zero-order valence-corrected chi connectivity index (χ0v) is 23.1. The van der Waals surface area contributed by atoms with Gasteiger partial charge < -0.3 is 20.0 Å². The van der Waals surface area contributed by atoms with Crippen LogP contribution in [0.1, 0.15) is 90.6 Å². The van der Waals surface area contributed by atoms with Crippen molar-refractivity contribution in [2.45, 2.75) is 75.7 Å². The molecular weight excluding hydrogens is 537 g/mol. The first-order chi connectivity index (χ1) is 19.6. The lowest BCUT2D eigenvalue weighted by Crippen LogP contribution is -2.63. The lowest BCUT2D eigenvalue weighted by atomic mass is 9.97. The molecule has 1 atom stereocenters. The summed E-state index contributed by atoms with van der Waals surface area (Å²) in [5.41, 5.74) is 0.837. The topological polar surface area (TPSA) is 90.8 Å². The van der Waals surface area contributed by atoms with Crippen LogP contribution in [-0.4, -0.2) is 81.1 Å². The molecule has 12 heteroatoms. The molecule has 0 radical (unpaired) electrons. The van der Waals surface area contributed by atoms with Crippen LogP contribution in [0, 0.1) is 0 Å². The second kappa shape index (κ2) is 10.7. The van der Waals surface area contributed by atoms with E-state index in [0.29, 0.717) is 64.0 Å². The number of hydrogen-bond acceptors (Lipinski definition) is 4. The van der Waals surface area contributed by atoms with E-state index >= 15 is 0 Å². The molecule has 1 aliphatic carbocycles. The highest BCUT2D eigenvalue weighted by atomic mass is 19.4. The van der Waals surface area contributed by atoms with Crippen LogP contribution in [0.2, 0.25) is 0 Å². The summed E-state index contributed by atoms with van der Waals surface area (Å²) in [5.74, 6) is -0.138. The van der Waals surface area contributed by atoms with Gasteiger partial charge in [0, 0.05) is 45.6 Å². The van der Waals surface area contributed by atoms with E-state index in [4.69, 9.17) is 0 Å². The van der Waals surface area contributed by atoms with Crippen molar-refractivity contribution in [2.75, 3.05) is 32.7 Å². The second-order valence-electron chi connectivity index (χ2n) is 11.7. The predicted molar refractivity (Wildman–Crippen MR) is 143 cm³/mol. The highest BCUT2D eigenvalue weighted by Gasteiger charge is 2.42. The fraction of sp³-hybridized carbons (Fsp3) is 0.586. The van der Waals surface area contributed by atoms with Gasteiger partial charge in [-0.1, -0.05) is 18.2 Å². The fourth-order valence-corrected chi connectivity index (χ4v) is 6.64. The number of nitrogens with zero attached hydrogens (tertiary/aromatic N) is 5. The number of aromatic nitrogens is 2. The van der Waals surface area contributed by atoms with E-state index in [9.17, 15) is 27.6 Å². The molecule has 2 aromatic rings. The highest BCUT2D eigenvalue weighted by molar-refractivity contribution is 5.96. The van der Waals surface area contributed by atoms with Gasteiger partial charge >= 0.3 is 12.2 Å². The van der Waals surface area contributed by atoms with E-state index in [-0.39, 0.29) is 41.4 Å². The third-order valence-electron chi connectivity index (χ3n) is 8.81. The Hall–Kier alpha value is -3.57. The van der Waals surface area contributed by atoms with E-state index in [0.717, 1.165) is 24.6 Å². The van der Waals surface area contributed by atoms with Gasteiger partial charge in [-0.2, -0.15) is 18.3 Å². The third kappa shape index (κ3) is 5.40. The fourth-order valence-electron chi connectivity index (χ4n) is 6.64. The van der Waals surface area contributed by atoms with Crippen molar-refractivity contribution in [3.05, 3.63) is 52.8 Å². The summed E-state index contributed by atoms with van der Waals surface area (Å²) in [6.07, 6.45) is 1.55. The largest absolute Gasteiger partial charge is 0.416 e. The molecule has 9 nitrogen and oxygen atoms in total. The Balaban J connectivity index is 1.15. The van der Waals surface area contributed by atoms with Crippen molar-refractivity contribution in [3.63, 3.8) is 0 Å². The van der Waals surface area contributed by atoms with E-state index < -0.39 is 17.8 Å². The van der Waals surface area contributed by atoms with Crippen LogP contribution in [0.5, 0.6) is 0 Å². The molecule has 4 amide bonds. The molecule has 1 aromatic heterocycles. The van der Waals surface area contributed by atoms with Crippen LogP contribution in [0.4, 0.5) is 18.0 Å². The van der Waals surface area contributed by atoms with Gasteiger partial charge in [0.15, 0.2) is 0 Å². The van der Waals surface area contributed by atoms with Gasteiger partial charge in [0.25, 0.3) is 5.91 Å². The Bertz CT molecular complexity index is 1330. The lowest BCUT2D eigenvalue weighted by molar-refractivity contribution is -0.138. The number of amides is 4. The Labute approximate surface area is 236 Å². The molecule has 4 heterocycles. The summed E-state index contributed by atoms with van der Waals surface area (Å²) in [6.45, 7) is 4.04. The molecule has 1 N–H and O–H groups in total. The van der Waals surface area contributed by atoms with Crippen LogP contribution in [0.25, 0.3) is 0 Å². The maximum atomic E-state index is 13.9. The van der Waals surface area contributed by atoms with Crippen molar-refractivity contribution in [1.29, 1.82) is 0 Å². The molecule has 3 aliphatic heterocycles. The summed E-state index contributed by atoms with van der Waals surface area (Å²) in [7, 11) is 0. The van der Waals surface area contributed by atoms with Crippen LogP contribution < -0.4 is 5.32 Å². The SMILES string of the molecule is CC(=O)NC1CN(C(=O)N2CCC(n3ncc(C(=O)N4CCCC4c4ccccc4C(F)(F)F)c3C3CC3)CC2)C1. The number of halogens is 3. The minimum atomic E-state index is -4.49. The summed E-state index contributed by atoms with van der Waals surface area (Å²) in [5, 5.41) is 7.48. The normalized spacial score (nSPS) is 22.1. The average molecular weight is 573 g/mol. The van der Waals surface area contributed by atoms with Crippen molar-refractivity contribution >= 4 is 17.8 Å².